The van der Waals surface area contributed by atoms with E-state index in [0.29, 0.717) is 11.5 Å². The minimum atomic E-state index is -0.223. The van der Waals surface area contributed by atoms with E-state index >= 15 is 0 Å². The van der Waals surface area contributed by atoms with Gasteiger partial charge < -0.3 is 10.4 Å². The number of carbonyl (C=O) groups is 1. The maximum atomic E-state index is 11.8. The Balaban J connectivity index is 2.00. The highest BCUT2D eigenvalue weighted by Crippen LogP contribution is 2.29. The Labute approximate surface area is 94.7 Å². The van der Waals surface area contributed by atoms with E-state index in [1.54, 1.807) is 0 Å². The molecule has 0 aromatic carbocycles. The fourth-order valence-corrected chi connectivity index (χ4v) is 1.92. The lowest BCUT2D eigenvalue weighted by Crippen LogP contribution is -2.40. The molecule has 0 bridgehead atoms. The molecule has 1 heterocycles. The number of amides is 1. The predicted octanol–water partition coefficient (Wildman–Crippen LogP) is 1.71. The molecule has 1 aliphatic carbocycles. The normalized spacial score (nSPS) is 17.6. The highest BCUT2D eigenvalue weighted by Gasteiger charge is 2.25. The summed E-state index contributed by atoms with van der Waals surface area (Å²) in [5.74, 6) is 0.299. The molecule has 0 radical (unpaired) electrons. The minimum absolute atomic E-state index is 0.0687. The lowest BCUT2D eigenvalue weighted by atomic mass is 9.80. The van der Waals surface area contributed by atoms with E-state index in [9.17, 15) is 9.90 Å². The van der Waals surface area contributed by atoms with Gasteiger partial charge in [0.15, 0.2) is 0 Å². The van der Waals surface area contributed by atoms with E-state index < -0.39 is 0 Å². The second kappa shape index (κ2) is 4.51. The molecular weight excluding hydrogens is 204 g/mol. The highest BCUT2D eigenvalue weighted by molar-refractivity contribution is 5.96. The van der Waals surface area contributed by atoms with Crippen LogP contribution in [0, 0.1) is 5.92 Å². The van der Waals surface area contributed by atoms with Gasteiger partial charge in [0.25, 0.3) is 5.91 Å². The first-order chi connectivity index (χ1) is 7.68. The van der Waals surface area contributed by atoms with Crippen molar-refractivity contribution in [2.45, 2.75) is 32.2 Å². The van der Waals surface area contributed by atoms with E-state index in [4.69, 9.17) is 0 Å². The van der Waals surface area contributed by atoms with Crippen LogP contribution in [0.1, 0.15) is 36.5 Å². The number of rotatable bonds is 3. The minimum Gasteiger partial charge on any atom is -0.505 e. The fourth-order valence-electron chi connectivity index (χ4n) is 1.92. The molecule has 1 amide bonds. The van der Waals surface area contributed by atoms with E-state index in [1.165, 1.54) is 37.7 Å². The molecule has 0 saturated heterocycles. The Morgan fingerprint density at radius 2 is 2.38 bits per heavy atom. The SMILES string of the molecule is CC(NC(=O)c1ccncc1O)C1CCC1. The van der Waals surface area contributed by atoms with Crippen LogP contribution in [-0.2, 0) is 0 Å². The van der Waals surface area contributed by atoms with Crippen molar-refractivity contribution in [3.63, 3.8) is 0 Å². The molecule has 4 nitrogen and oxygen atoms in total. The van der Waals surface area contributed by atoms with Crippen LogP contribution >= 0.6 is 0 Å². The maximum Gasteiger partial charge on any atom is 0.255 e. The highest BCUT2D eigenvalue weighted by atomic mass is 16.3. The largest absolute Gasteiger partial charge is 0.505 e. The first-order valence-corrected chi connectivity index (χ1v) is 5.62. The van der Waals surface area contributed by atoms with Crippen LogP contribution in [0.5, 0.6) is 5.75 Å². The molecule has 2 N–H and O–H groups in total. The van der Waals surface area contributed by atoms with Crippen LogP contribution in [0.15, 0.2) is 18.5 Å². The molecule has 0 aliphatic heterocycles. The van der Waals surface area contributed by atoms with Crippen molar-refractivity contribution in [1.82, 2.24) is 10.3 Å². The second-order valence-electron chi connectivity index (χ2n) is 4.35. The van der Waals surface area contributed by atoms with Crippen LogP contribution in [0.3, 0.4) is 0 Å². The summed E-state index contributed by atoms with van der Waals surface area (Å²) < 4.78 is 0. The zero-order valence-corrected chi connectivity index (χ0v) is 9.31. The maximum absolute atomic E-state index is 11.8. The number of hydrogen-bond donors (Lipinski definition) is 2. The topological polar surface area (TPSA) is 62.2 Å². The number of pyridine rings is 1. The van der Waals surface area contributed by atoms with E-state index in [0.717, 1.165) is 0 Å². The van der Waals surface area contributed by atoms with Crippen LogP contribution in [0.25, 0.3) is 0 Å². The van der Waals surface area contributed by atoms with Crippen LogP contribution < -0.4 is 5.32 Å². The molecule has 4 heteroatoms. The lowest BCUT2D eigenvalue weighted by molar-refractivity contribution is 0.0906. The molecule has 1 fully saturated rings. The molecule has 16 heavy (non-hydrogen) atoms. The fraction of sp³-hybridized carbons (Fsp3) is 0.500. The summed E-state index contributed by atoms with van der Waals surface area (Å²) in [6.07, 6.45) is 6.41. The zero-order valence-electron chi connectivity index (χ0n) is 9.31. The zero-order chi connectivity index (χ0) is 11.5. The first kappa shape index (κ1) is 10.9. The van der Waals surface area contributed by atoms with E-state index in [-0.39, 0.29) is 17.7 Å². The second-order valence-corrected chi connectivity index (χ2v) is 4.35. The molecule has 1 aromatic heterocycles. The van der Waals surface area contributed by atoms with E-state index in [2.05, 4.69) is 10.3 Å². The third kappa shape index (κ3) is 2.15. The van der Waals surface area contributed by atoms with Gasteiger partial charge in [-0.1, -0.05) is 6.42 Å². The van der Waals surface area contributed by atoms with Gasteiger partial charge in [0, 0.05) is 12.2 Å². The molecule has 1 atom stereocenters. The van der Waals surface area contributed by atoms with Crippen molar-refractivity contribution in [3.05, 3.63) is 24.0 Å². The van der Waals surface area contributed by atoms with Gasteiger partial charge in [-0.3, -0.25) is 9.78 Å². The molecule has 2 rings (SSSR count). The number of aromatic hydroxyl groups is 1. The van der Waals surface area contributed by atoms with Gasteiger partial charge >= 0.3 is 0 Å². The smallest absolute Gasteiger partial charge is 0.255 e. The monoisotopic (exact) mass is 220 g/mol. The molecule has 1 aromatic rings. The van der Waals surface area contributed by atoms with Crippen molar-refractivity contribution in [2.75, 3.05) is 0 Å². The molecule has 86 valence electrons. The van der Waals surface area contributed by atoms with Gasteiger partial charge in [-0.05, 0) is 31.7 Å². The van der Waals surface area contributed by atoms with Crippen LogP contribution in [0.4, 0.5) is 0 Å². The summed E-state index contributed by atoms with van der Waals surface area (Å²) in [4.78, 5) is 15.6. The summed E-state index contributed by atoms with van der Waals surface area (Å²) >= 11 is 0. The Morgan fingerprint density at radius 3 is 2.94 bits per heavy atom. The van der Waals surface area contributed by atoms with Crippen molar-refractivity contribution < 1.29 is 9.90 Å². The summed E-state index contributed by atoms with van der Waals surface area (Å²) in [6.45, 7) is 2.01. The molecule has 1 saturated carbocycles. The number of nitrogens with one attached hydrogen (secondary N) is 1. The van der Waals surface area contributed by atoms with Gasteiger partial charge in [0.2, 0.25) is 0 Å². The van der Waals surface area contributed by atoms with Crippen LogP contribution in [-0.4, -0.2) is 22.0 Å². The predicted molar refractivity (Wildman–Crippen MR) is 60.2 cm³/mol. The Morgan fingerprint density at radius 1 is 1.62 bits per heavy atom. The average molecular weight is 220 g/mol. The van der Waals surface area contributed by atoms with Crippen molar-refractivity contribution in [2.24, 2.45) is 5.92 Å². The first-order valence-electron chi connectivity index (χ1n) is 5.62. The summed E-state index contributed by atoms with van der Waals surface area (Å²) in [5.41, 5.74) is 0.293. The summed E-state index contributed by atoms with van der Waals surface area (Å²) in [5, 5.41) is 12.4. The Hall–Kier alpha value is -1.58. The number of aromatic nitrogens is 1. The molecular formula is C12H16N2O2. The third-order valence-electron chi connectivity index (χ3n) is 3.26. The standard InChI is InChI=1S/C12H16N2O2/c1-8(9-3-2-4-9)14-12(16)10-5-6-13-7-11(10)15/h5-9,15H,2-4H2,1H3,(H,14,16). The van der Waals surface area contributed by atoms with Gasteiger partial charge in [0.1, 0.15) is 5.75 Å². The summed E-state index contributed by atoms with van der Waals surface area (Å²) in [6, 6.07) is 1.70. The van der Waals surface area contributed by atoms with Gasteiger partial charge in [-0.15, -0.1) is 0 Å². The number of nitrogens with zero attached hydrogens (tertiary/aromatic N) is 1. The van der Waals surface area contributed by atoms with Gasteiger partial charge in [-0.25, -0.2) is 0 Å². The molecule has 1 unspecified atom stereocenters. The quantitative estimate of drug-likeness (QED) is 0.815. The number of hydrogen-bond acceptors (Lipinski definition) is 3. The Kier molecular flexibility index (Phi) is 3.08. The van der Waals surface area contributed by atoms with Crippen molar-refractivity contribution in [3.8, 4) is 5.75 Å². The molecule has 0 spiro atoms. The summed E-state index contributed by atoms with van der Waals surface area (Å²) in [7, 11) is 0. The van der Waals surface area contributed by atoms with Gasteiger partial charge in [-0.2, -0.15) is 0 Å². The van der Waals surface area contributed by atoms with Gasteiger partial charge in [0.05, 0.1) is 11.8 Å². The van der Waals surface area contributed by atoms with Crippen LogP contribution in [0.2, 0.25) is 0 Å². The molecule has 1 aliphatic rings. The Bertz CT molecular complexity index is 388. The number of carbonyl (C=O) groups excluding carboxylic acids is 1. The average Bonchev–Trinajstić information content (AvgIpc) is 2.15. The van der Waals surface area contributed by atoms with E-state index in [1.807, 2.05) is 6.92 Å². The lowest BCUT2D eigenvalue weighted by Gasteiger charge is -2.31. The van der Waals surface area contributed by atoms with Crippen molar-refractivity contribution in [1.29, 1.82) is 0 Å². The third-order valence-corrected chi connectivity index (χ3v) is 3.26. The van der Waals surface area contributed by atoms with Crippen molar-refractivity contribution >= 4 is 5.91 Å².